The summed E-state index contributed by atoms with van der Waals surface area (Å²) in [5, 5.41) is 3.05. The van der Waals surface area contributed by atoms with Gasteiger partial charge in [0.1, 0.15) is 11.6 Å². The highest BCUT2D eigenvalue weighted by Gasteiger charge is 2.23. The second-order valence-electron chi connectivity index (χ2n) is 3.60. The van der Waals surface area contributed by atoms with E-state index in [1.807, 2.05) is 0 Å². The van der Waals surface area contributed by atoms with E-state index in [2.05, 4.69) is 5.32 Å². The Morgan fingerprint density at radius 3 is 2.80 bits per heavy atom. The zero-order valence-electron chi connectivity index (χ0n) is 8.52. The van der Waals surface area contributed by atoms with E-state index in [-0.39, 0.29) is 17.7 Å². The van der Waals surface area contributed by atoms with E-state index in [1.165, 1.54) is 12.1 Å². The van der Waals surface area contributed by atoms with E-state index in [9.17, 15) is 8.78 Å². The van der Waals surface area contributed by atoms with Crippen LogP contribution in [-0.2, 0) is 5.75 Å². The summed E-state index contributed by atoms with van der Waals surface area (Å²) in [6, 6.07) is 2.37. The van der Waals surface area contributed by atoms with Crippen LogP contribution in [0.2, 0.25) is 0 Å². The van der Waals surface area contributed by atoms with Crippen LogP contribution in [0.1, 0.15) is 23.6 Å². The number of thioether (sulfide) groups is 1. The molecule has 0 radical (unpaired) electrons. The zero-order valence-corrected chi connectivity index (χ0v) is 9.33. The minimum absolute atomic E-state index is 0.0642. The molecule has 0 fully saturated rings. The van der Waals surface area contributed by atoms with Gasteiger partial charge in [0, 0.05) is 22.9 Å². The van der Waals surface area contributed by atoms with E-state index in [4.69, 9.17) is 0 Å². The van der Waals surface area contributed by atoms with Gasteiger partial charge in [-0.25, -0.2) is 8.78 Å². The van der Waals surface area contributed by atoms with Gasteiger partial charge < -0.3 is 5.32 Å². The molecular weight excluding hydrogens is 216 g/mol. The molecule has 0 saturated heterocycles. The van der Waals surface area contributed by atoms with Crippen LogP contribution in [0.3, 0.4) is 0 Å². The predicted molar refractivity (Wildman–Crippen MR) is 58.9 cm³/mol. The van der Waals surface area contributed by atoms with Gasteiger partial charge in [0.2, 0.25) is 0 Å². The van der Waals surface area contributed by atoms with Crippen LogP contribution in [0, 0.1) is 11.6 Å². The van der Waals surface area contributed by atoms with Crippen LogP contribution in [0.25, 0.3) is 0 Å². The molecule has 0 amide bonds. The van der Waals surface area contributed by atoms with Gasteiger partial charge in [-0.1, -0.05) is 0 Å². The van der Waals surface area contributed by atoms with Gasteiger partial charge in [-0.05, 0) is 31.4 Å². The molecule has 1 aliphatic rings. The van der Waals surface area contributed by atoms with Crippen molar-refractivity contribution in [2.24, 2.45) is 0 Å². The minimum Gasteiger partial charge on any atom is -0.313 e. The number of rotatable bonds is 1. The molecule has 1 unspecified atom stereocenters. The molecule has 1 heterocycles. The van der Waals surface area contributed by atoms with Gasteiger partial charge in [-0.2, -0.15) is 11.8 Å². The van der Waals surface area contributed by atoms with Crippen molar-refractivity contribution in [3.05, 3.63) is 34.9 Å². The van der Waals surface area contributed by atoms with Crippen molar-refractivity contribution >= 4 is 11.8 Å². The molecule has 0 aromatic heterocycles. The van der Waals surface area contributed by atoms with E-state index in [0.29, 0.717) is 16.9 Å². The molecule has 1 nitrogen and oxygen atoms in total. The van der Waals surface area contributed by atoms with Crippen LogP contribution in [-0.4, -0.2) is 12.8 Å². The molecule has 1 aromatic carbocycles. The summed E-state index contributed by atoms with van der Waals surface area (Å²) in [4.78, 5) is 0. The highest BCUT2D eigenvalue weighted by molar-refractivity contribution is 7.98. The van der Waals surface area contributed by atoms with Crippen molar-refractivity contribution in [2.45, 2.75) is 18.2 Å². The quantitative estimate of drug-likeness (QED) is 0.794. The van der Waals surface area contributed by atoms with E-state index in [0.717, 1.165) is 12.2 Å². The zero-order chi connectivity index (χ0) is 10.8. The normalized spacial score (nSPS) is 20.9. The summed E-state index contributed by atoms with van der Waals surface area (Å²) in [5.41, 5.74) is 1.04. The fraction of sp³-hybridized carbons (Fsp3) is 0.455. The van der Waals surface area contributed by atoms with Gasteiger partial charge in [0.25, 0.3) is 0 Å². The average Bonchev–Trinajstić information content (AvgIpc) is 2.46. The summed E-state index contributed by atoms with van der Waals surface area (Å²) in [6.45, 7) is 0. The molecule has 0 bridgehead atoms. The molecule has 15 heavy (non-hydrogen) atoms. The van der Waals surface area contributed by atoms with Crippen LogP contribution in [0.4, 0.5) is 8.78 Å². The van der Waals surface area contributed by atoms with E-state index < -0.39 is 0 Å². The Labute approximate surface area is 92.3 Å². The Balaban J connectivity index is 2.54. The Kier molecular flexibility index (Phi) is 3.26. The number of nitrogens with one attached hydrogen (secondary N) is 1. The largest absolute Gasteiger partial charge is 0.313 e. The first-order chi connectivity index (χ1) is 7.24. The number of hydrogen-bond acceptors (Lipinski definition) is 2. The summed E-state index contributed by atoms with van der Waals surface area (Å²) >= 11 is 1.65. The summed E-state index contributed by atoms with van der Waals surface area (Å²) < 4.78 is 27.2. The summed E-state index contributed by atoms with van der Waals surface area (Å²) in [7, 11) is 1.79. The van der Waals surface area contributed by atoms with Gasteiger partial charge in [0.15, 0.2) is 0 Å². The molecule has 1 atom stereocenters. The number of fused-ring (bicyclic) bond motifs is 1. The molecule has 0 saturated carbocycles. The fourth-order valence-electron chi connectivity index (χ4n) is 1.94. The lowest BCUT2D eigenvalue weighted by Gasteiger charge is -2.17. The monoisotopic (exact) mass is 229 g/mol. The Morgan fingerprint density at radius 1 is 1.33 bits per heavy atom. The highest BCUT2D eigenvalue weighted by Crippen LogP contribution is 2.33. The van der Waals surface area contributed by atoms with Crippen molar-refractivity contribution in [1.29, 1.82) is 0 Å². The lowest BCUT2D eigenvalue weighted by molar-refractivity contribution is 0.514. The number of benzene rings is 1. The molecular formula is C11H13F2NS. The first-order valence-electron chi connectivity index (χ1n) is 4.96. The van der Waals surface area contributed by atoms with Crippen LogP contribution in [0.5, 0.6) is 0 Å². The smallest absolute Gasteiger partial charge is 0.128 e. The van der Waals surface area contributed by atoms with E-state index in [1.54, 1.807) is 18.8 Å². The third-order valence-electron chi connectivity index (χ3n) is 2.74. The molecule has 2 rings (SSSR count). The second-order valence-corrected chi connectivity index (χ2v) is 4.71. The first-order valence-corrected chi connectivity index (χ1v) is 6.11. The number of hydrogen-bond donors (Lipinski definition) is 1. The third kappa shape index (κ3) is 2.01. The van der Waals surface area contributed by atoms with Gasteiger partial charge in [-0.15, -0.1) is 0 Å². The highest BCUT2D eigenvalue weighted by atomic mass is 32.2. The Hall–Kier alpha value is -0.610. The van der Waals surface area contributed by atoms with Crippen LogP contribution < -0.4 is 5.32 Å². The predicted octanol–water partition coefficient (Wildman–Crippen LogP) is 2.86. The Morgan fingerprint density at radius 2 is 2.07 bits per heavy atom. The SMILES string of the molecule is CNC1CCSCc2c(F)ccc(F)c21. The van der Waals surface area contributed by atoms with Gasteiger partial charge in [0.05, 0.1) is 0 Å². The first kappa shape index (κ1) is 10.9. The van der Waals surface area contributed by atoms with Crippen molar-refractivity contribution in [3.8, 4) is 0 Å². The lowest BCUT2D eigenvalue weighted by atomic mass is 9.98. The molecule has 0 spiro atoms. The molecule has 1 aliphatic heterocycles. The minimum atomic E-state index is -0.298. The van der Waals surface area contributed by atoms with Crippen LogP contribution >= 0.6 is 11.8 Å². The summed E-state index contributed by atoms with van der Waals surface area (Å²) in [6.07, 6.45) is 0.842. The molecule has 1 aromatic rings. The average molecular weight is 229 g/mol. The van der Waals surface area contributed by atoms with Crippen molar-refractivity contribution in [2.75, 3.05) is 12.8 Å². The van der Waals surface area contributed by atoms with Crippen LogP contribution in [0.15, 0.2) is 12.1 Å². The van der Waals surface area contributed by atoms with E-state index >= 15 is 0 Å². The maximum absolute atomic E-state index is 13.7. The third-order valence-corrected chi connectivity index (χ3v) is 3.76. The summed E-state index contributed by atoms with van der Waals surface area (Å²) in [5.74, 6) is 0.908. The van der Waals surface area contributed by atoms with Crippen molar-refractivity contribution in [1.82, 2.24) is 5.32 Å². The molecule has 0 aliphatic carbocycles. The maximum Gasteiger partial charge on any atom is 0.128 e. The maximum atomic E-state index is 13.7. The van der Waals surface area contributed by atoms with Gasteiger partial charge >= 0.3 is 0 Å². The standard InChI is InChI=1S/C11H13F2NS/c1-14-10-4-5-15-6-7-8(12)2-3-9(13)11(7)10/h2-3,10,14H,4-6H2,1H3. The van der Waals surface area contributed by atoms with Gasteiger partial charge in [-0.3, -0.25) is 0 Å². The van der Waals surface area contributed by atoms with Crippen molar-refractivity contribution < 1.29 is 8.78 Å². The molecule has 82 valence electrons. The molecule has 4 heteroatoms. The second kappa shape index (κ2) is 4.49. The molecule has 1 N–H and O–H groups in total. The fourth-order valence-corrected chi connectivity index (χ4v) is 2.99. The number of halogens is 2. The Bertz CT molecular complexity index is 368. The lowest BCUT2D eigenvalue weighted by Crippen LogP contribution is -2.19. The van der Waals surface area contributed by atoms with Crippen molar-refractivity contribution in [3.63, 3.8) is 0 Å². The topological polar surface area (TPSA) is 12.0 Å².